The van der Waals surface area contributed by atoms with E-state index in [0.717, 1.165) is 28.0 Å². The molecule has 1 aliphatic rings. The van der Waals surface area contributed by atoms with Crippen LogP contribution < -0.4 is 4.74 Å². The minimum Gasteiger partial charge on any atom is -0.491 e. The zero-order valence-corrected chi connectivity index (χ0v) is 15.5. The summed E-state index contributed by atoms with van der Waals surface area (Å²) in [7, 11) is 0. The van der Waals surface area contributed by atoms with E-state index in [1.54, 1.807) is 12.4 Å². The third-order valence-electron chi connectivity index (χ3n) is 4.68. The molecule has 0 saturated carbocycles. The molecule has 4 rings (SSSR count). The predicted octanol–water partition coefficient (Wildman–Crippen LogP) is 4.37. The summed E-state index contributed by atoms with van der Waals surface area (Å²) in [5, 5.41) is 0.673. The fraction of sp³-hybridized carbons (Fsp3) is 0.182. The van der Waals surface area contributed by atoms with Crippen LogP contribution in [-0.2, 0) is 17.8 Å². The second kappa shape index (κ2) is 7.80. The molecule has 0 fully saturated rings. The van der Waals surface area contributed by atoms with E-state index in [2.05, 4.69) is 11.1 Å². The van der Waals surface area contributed by atoms with E-state index >= 15 is 0 Å². The lowest BCUT2D eigenvalue weighted by Crippen LogP contribution is -2.33. The number of rotatable bonds is 3. The summed E-state index contributed by atoms with van der Waals surface area (Å²) in [5.74, 6) is 0.928. The van der Waals surface area contributed by atoms with Gasteiger partial charge in [-0.2, -0.15) is 0 Å². The van der Waals surface area contributed by atoms with Gasteiger partial charge in [0, 0.05) is 29.5 Å². The Morgan fingerprint density at radius 2 is 1.81 bits per heavy atom. The van der Waals surface area contributed by atoms with Gasteiger partial charge in [0.2, 0.25) is 5.91 Å². The highest BCUT2D eigenvalue weighted by molar-refractivity contribution is 6.30. The van der Waals surface area contributed by atoms with Crippen molar-refractivity contribution in [1.29, 1.82) is 0 Å². The number of ether oxygens (including phenoxy) is 1. The van der Waals surface area contributed by atoms with E-state index in [9.17, 15) is 4.79 Å². The van der Waals surface area contributed by atoms with Gasteiger partial charge >= 0.3 is 0 Å². The van der Waals surface area contributed by atoms with Gasteiger partial charge in [-0.05, 0) is 53.1 Å². The molecule has 3 aromatic rings. The molecule has 0 saturated heterocycles. The summed E-state index contributed by atoms with van der Waals surface area (Å²) in [6.07, 6.45) is 3.91. The Balaban J connectivity index is 1.54. The highest BCUT2D eigenvalue weighted by Gasteiger charge is 2.20. The summed E-state index contributed by atoms with van der Waals surface area (Å²) in [4.78, 5) is 18.7. The molecule has 1 aliphatic heterocycles. The molecule has 4 nitrogen and oxygen atoms in total. The van der Waals surface area contributed by atoms with Gasteiger partial charge in [-0.25, -0.2) is 0 Å². The van der Waals surface area contributed by atoms with Gasteiger partial charge in [0.05, 0.1) is 13.0 Å². The molecule has 0 bridgehead atoms. The van der Waals surface area contributed by atoms with Crippen LogP contribution in [-0.4, -0.2) is 28.9 Å². The number of hydrogen-bond acceptors (Lipinski definition) is 3. The number of fused-ring (bicyclic) bond motifs is 1. The Hall–Kier alpha value is -2.85. The van der Waals surface area contributed by atoms with Crippen LogP contribution in [0.25, 0.3) is 11.1 Å². The lowest BCUT2D eigenvalue weighted by Gasteiger charge is -2.20. The minimum atomic E-state index is 0.0862. The van der Waals surface area contributed by atoms with E-state index in [1.165, 1.54) is 0 Å². The Morgan fingerprint density at radius 1 is 1.04 bits per heavy atom. The number of benzene rings is 2. The third-order valence-corrected chi connectivity index (χ3v) is 4.93. The van der Waals surface area contributed by atoms with Gasteiger partial charge in [0.25, 0.3) is 0 Å². The highest BCUT2D eigenvalue weighted by atomic mass is 35.5. The van der Waals surface area contributed by atoms with Gasteiger partial charge in [-0.15, -0.1) is 0 Å². The normalized spacial score (nSPS) is 13.4. The number of carbonyl (C=O) groups excluding carboxylic acids is 1. The fourth-order valence-corrected chi connectivity index (χ4v) is 3.35. The van der Waals surface area contributed by atoms with E-state index in [-0.39, 0.29) is 5.91 Å². The molecular weight excluding hydrogens is 360 g/mol. The second-order valence-corrected chi connectivity index (χ2v) is 6.96. The van der Waals surface area contributed by atoms with Crippen LogP contribution in [0.5, 0.6) is 5.75 Å². The van der Waals surface area contributed by atoms with Crippen LogP contribution in [0.4, 0.5) is 0 Å². The van der Waals surface area contributed by atoms with Crippen LogP contribution >= 0.6 is 11.6 Å². The number of aromatic nitrogens is 1. The first-order valence-electron chi connectivity index (χ1n) is 8.87. The second-order valence-electron chi connectivity index (χ2n) is 6.53. The van der Waals surface area contributed by atoms with E-state index < -0.39 is 0 Å². The lowest BCUT2D eigenvalue weighted by atomic mass is 10.0. The maximum absolute atomic E-state index is 12.8. The average Bonchev–Trinajstić information content (AvgIpc) is 2.92. The standard InChI is InChI=1S/C22H19ClN2O2/c23-20-4-1-16(2-5-20)13-22(26)25-11-12-27-21-6-3-18(14-19(21)15-25)17-7-9-24-10-8-17/h1-10,14H,11-13,15H2. The maximum atomic E-state index is 12.8. The van der Waals surface area contributed by atoms with Crippen molar-refractivity contribution < 1.29 is 9.53 Å². The summed E-state index contributed by atoms with van der Waals surface area (Å²) in [5.41, 5.74) is 4.16. The Kier molecular flexibility index (Phi) is 5.07. The molecule has 0 unspecified atom stereocenters. The molecule has 0 spiro atoms. The summed E-state index contributed by atoms with van der Waals surface area (Å²) >= 11 is 5.92. The molecule has 2 heterocycles. The lowest BCUT2D eigenvalue weighted by molar-refractivity contribution is -0.131. The smallest absolute Gasteiger partial charge is 0.227 e. The van der Waals surface area contributed by atoms with Crippen molar-refractivity contribution in [3.63, 3.8) is 0 Å². The molecule has 0 radical (unpaired) electrons. The fourth-order valence-electron chi connectivity index (χ4n) is 3.22. The molecule has 0 atom stereocenters. The maximum Gasteiger partial charge on any atom is 0.227 e. The van der Waals surface area contributed by atoms with Gasteiger partial charge in [-0.1, -0.05) is 29.8 Å². The molecule has 2 aromatic carbocycles. The molecule has 0 N–H and O–H groups in total. The Morgan fingerprint density at radius 3 is 2.59 bits per heavy atom. The van der Waals surface area contributed by atoms with Crippen molar-refractivity contribution in [3.8, 4) is 16.9 Å². The van der Waals surface area contributed by atoms with Crippen LogP contribution in [0.2, 0.25) is 5.02 Å². The van der Waals surface area contributed by atoms with Gasteiger partial charge in [0.1, 0.15) is 12.4 Å². The zero-order valence-electron chi connectivity index (χ0n) is 14.8. The quantitative estimate of drug-likeness (QED) is 0.679. The van der Waals surface area contributed by atoms with Crippen molar-refractivity contribution in [2.45, 2.75) is 13.0 Å². The molecular formula is C22H19ClN2O2. The van der Waals surface area contributed by atoms with Crippen molar-refractivity contribution in [2.24, 2.45) is 0 Å². The summed E-state index contributed by atoms with van der Waals surface area (Å²) < 4.78 is 5.86. The number of halogens is 1. The monoisotopic (exact) mass is 378 g/mol. The number of hydrogen-bond donors (Lipinski definition) is 0. The number of nitrogens with zero attached hydrogens (tertiary/aromatic N) is 2. The number of amides is 1. The summed E-state index contributed by atoms with van der Waals surface area (Å²) in [6, 6.07) is 17.5. The molecule has 136 valence electrons. The molecule has 27 heavy (non-hydrogen) atoms. The molecule has 0 aliphatic carbocycles. The van der Waals surface area contributed by atoms with Crippen LogP contribution in [0.3, 0.4) is 0 Å². The SMILES string of the molecule is O=C(Cc1ccc(Cl)cc1)N1CCOc2ccc(-c3ccncc3)cc2C1. The zero-order chi connectivity index (χ0) is 18.6. The Bertz CT molecular complexity index is 942. The van der Waals surface area contributed by atoms with E-state index in [1.807, 2.05) is 53.4 Å². The highest BCUT2D eigenvalue weighted by Crippen LogP contribution is 2.29. The van der Waals surface area contributed by atoms with Gasteiger partial charge in [0.15, 0.2) is 0 Å². The average molecular weight is 379 g/mol. The first-order chi connectivity index (χ1) is 13.2. The number of pyridine rings is 1. The van der Waals surface area contributed by atoms with E-state index in [0.29, 0.717) is 31.1 Å². The largest absolute Gasteiger partial charge is 0.491 e. The van der Waals surface area contributed by atoms with E-state index in [4.69, 9.17) is 16.3 Å². The minimum absolute atomic E-state index is 0.0862. The third kappa shape index (κ3) is 4.12. The van der Waals surface area contributed by atoms with Gasteiger partial charge in [-0.3, -0.25) is 9.78 Å². The van der Waals surface area contributed by atoms with Crippen LogP contribution in [0.1, 0.15) is 11.1 Å². The first kappa shape index (κ1) is 17.6. The molecule has 1 aromatic heterocycles. The van der Waals surface area contributed by atoms with Crippen LogP contribution in [0, 0.1) is 0 Å². The van der Waals surface area contributed by atoms with Gasteiger partial charge < -0.3 is 9.64 Å². The number of carbonyl (C=O) groups is 1. The molecule has 5 heteroatoms. The van der Waals surface area contributed by atoms with Crippen LogP contribution in [0.15, 0.2) is 67.0 Å². The predicted molar refractivity (Wildman–Crippen MR) is 106 cm³/mol. The topological polar surface area (TPSA) is 42.4 Å². The summed E-state index contributed by atoms with van der Waals surface area (Å²) in [6.45, 7) is 1.61. The first-order valence-corrected chi connectivity index (χ1v) is 9.25. The van der Waals surface area contributed by atoms with Crippen molar-refractivity contribution in [2.75, 3.05) is 13.2 Å². The van der Waals surface area contributed by atoms with Crippen molar-refractivity contribution in [3.05, 3.63) is 83.1 Å². The molecule has 1 amide bonds. The van der Waals surface area contributed by atoms with Crippen molar-refractivity contribution in [1.82, 2.24) is 9.88 Å². The Labute approximate surface area is 163 Å². The van der Waals surface area contributed by atoms with Crippen molar-refractivity contribution >= 4 is 17.5 Å².